The maximum atomic E-state index is 10.6. The largest absolute Gasteiger partial charge is 0.479 e. The van der Waals surface area contributed by atoms with E-state index in [0.29, 0.717) is 15.0 Å². The molecule has 11 heteroatoms. The predicted molar refractivity (Wildman–Crippen MR) is 86.6 cm³/mol. The molecule has 0 bridgehead atoms. The molecule has 0 aliphatic carbocycles. The van der Waals surface area contributed by atoms with Crippen LogP contribution in [-0.4, -0.2) is 66.4 Å². The Bertz CT molecular complexity index is 751. The number of rotatable bonds is 3. The molecule has 1 saturated heterocycles. The van der Waals surface area contributed by atoms with Crippen LogP contribution in [0.4, 0.5) is 5.95 Å². The van der Waals surface area contributed by atoms with Crippen molar-refractivity contribution in [2.75, 3.05) is 19.5 Å². The highest BCUT2D eigenvalue weighted by Gasteiger charge is 2.53. The first-order valence-electron chi connectivity index (χ1n) is 6.73. The summed E-state index contributed by atoms with van der Waals surface area (Å²) in [6.45, 7) is 0.985. The van der Waals surface area contributed by atoms with Gasteiger partial charge in [-0.25, -0.2) is 4.98 Å². The standard InChI is InChI=1S/C12H16IN5O5/c1-12(21)6(20)4(3-19)23-9(12)18-7-5(15-10(18)13)8(22-2)17-11(14)16-7/h4,6,9,19-21H,3H2,1-2H3,(H2,14,16,17)/t4-,6-,9?,12-/m1/s1. The van der Waals surface area contributed by atoms with Gasteiger partial charge in [0.15, 0.2) is 21.2 Å². The van der Waals surface area contributed by atoms with Gasteiger partial charge in [0.25, 0.3) is 0 Å². The van der Waals surface area contributed by atoms with Gasteiger partial charge < -0.3 is 30.5 Å². The molecule has 0 amide bonds. The first-order valence-corrected chi connectivity index (χ1v) is 7.80. The van der Waals surface area contributed by atoms with E-state index < -0.39 is 30.6 Å². The van der Waals surface area contributed by atoms with Crippen LogP contribution in [0.2, 0.25) is 0 Å². The summed E-state index contributed by atoms with van der Waals surface area (Å²) in [5.41, 5.74) is 4.68. The molecule has 2 aromatic rings. The molecule has 0 radical (unpaired) electrons. The van der Waals surface area contributed by atoms with Gasteiger partial charge in [0.05, 0.1) is 13.7 Å². The van der Waals surface area contributed by atoms with Gasteiger partial charge in [-0.05, 0) is 6.92 Å². The highest BCUT2D eigenvalue weighted by Crippen LogP contribution is 2.41. The number of imidazole rings is 1. The lowest BCUT2D eigenvalue weighted by Gasteiger charge is -2.27. The van der Waals surface area contributed by atoms with Crippen LogP contribution < -0.4 is 10.5 Å². The maximum Gasteiger partial charge on any atom is 0.247 e. The second kappa shape index (κ2) is 5.66. The average molecular weight is 437 g/mol. The summed E-state index contributed by atoms with van der Waals surface area (Å²) in [5.74, 6) is 0.171. The Kier molecular flexibility index (Phi) is 4.08. The van der Waals surface area contributed by atoms with Gasteiger partial charge in [0.2, 0.25) is 11.8 Å². The first kappa shape index (κ1) is 16.6. The number of nitrogens with two attached hydrogens (primary N) is 1. The van der Waals surface area contributed by atoms with Crippen molar-refractivity contribution in [3.63, 3.8) is 0 Å². The fourth-order valence-electron chi connectivity index (χ4n) is 2.65. The van der Waals surface area contributed by atoms with Crippen LogP contribution in [0.1, 0.15) is 13.2 Å². The van der Waals surface area contributed by atoms with Crippen LogP contribution in [0.3, 0.4) is 0 Å². The van der Waals surface area contributed by atoms with Crippen LogP contribution >= 0.6 is 22.6 Å². The van der Waals surface area contributed by atoms with Crippen LogP contribution in [0.5, 0.6) is 5.88 Å². The number of aliphatic hydroxyl groups is 3. The minimum absolute atomic E-state index is 0.0243. The van der Waals surface area contributed by atoms with Crippen molar-refractivity contribution < 1.29 is 24.8 Å². The molecule has 3 rings (SSSR count). The molecule has 0 saturated carbocycles. The number of methoxy groups -OCH3 is 1. The molecule has 4 atom stereocenters. The Morgan fingerprint density at radius 2 is 2.13 bits per heavy atom. The van der Waals surface area contributed by atoms with E-state index in [-0.39, 0.29) is 11.8 Å². The zero-order valence-corrected chi connectivity index (χ0v) is 14.5. The molecule has 1 fully saturated rings. The monoisotopic (exact) mass is 437 g/mol. The molecule has 0 aromatic carbocycles. The Morgan fingerprint density at radius 1 is 1.43 bits per heavy atom. The molecule has 23 heavy (non-hydrogen) atoms. The van der Waals surface area contributed by atoms with E-state index in [4.69, 9.17) is 15.2 Å². The zero-order valence-electron chi connectivity index (χ0n) is 12.3. The summed E-state index contributed by atoms with van der Waals surface area (Å²) >= 11 is 1.94. The highest BCUT2D eigenvalue weighted by atomic mass is 127. The molecule has 2 aromatic heterocycles. The molecule has 3 heterocycles. The third-order valence-electron chi connectivity index (χ3n) is 3.84. The van der Waals surface area contributed by atoms with Crippen LogP contribution in [0.15, 0.2) is 0 Å². The van der Waals surface area contributed by atoms with Gasteiger partial charge in [0.1, 0.15) is 17.8 Å². The third-order valence-corrected chi connectivity index (χ3v) is 4.61. The van der Waals surface area contributed by atoms with Crippen molar-refractivity contribution in [1.82, 2.24) is 19.5 Å². The smallest absolute Gasteiger partial charge is 0.247 e. The summed E-state index contributed by atoms with van der Waals surface area (Å²) in [6, 6.07) is 0. The average Bonchev–Trinajstić information content (AvgIpc) is 2.93. The fraction of sp³-hybridized carbons (Fsp3) is 0.583. The maximum absolute atomic E-state index is 10.6. The molecular weight excluding hydrogens is 421 g/mol. The second-order valence-electron chi connectivity index (χ2n) is 5.39. The van der Waals surface area contributed by atoms with E-state index in [1.54, 1.807) is 0 Å². The molecule has 1 unspecified atom stereocenters. The number of aliphatic hydroxyl groups excluding tert-OH is 2. The Labute approximate surface area is 144 Å². The lowest BCUT2D eigenvalue weighted by atomic mass is 9.96. The number of anilines is 1. The van der Waals surface area contributed by atoms with Crippen molar-refractivity contribution in [3.05, 3.63) is 3.83 Å². The minimum atomic E-state index is -1.66. The van der Waals surface area contributed by atoms with Gasteiger partial charge in [-0.3, -0.25) is 4.57 Å². The van der Waals surface area contributed by atoms with E-state index in [1.807, 2.05) is 22.6 Å². The van der Waals surface area contributed by atoms with E-state index in [2.05, 4.69) is 15.0 Å². The number of nitrogen functional groups attached to an aromatic ring is 1. The molecule has 1 aliphatic heterocycles. The second-order valence-corrected chi connectivity index (χ2v) is 6.36. The number of hydrogen-bond acceptors (Lipinski definition) is 9. The van der Waals surface area contributed by atoms with Gasteiger partial charge in [-0.1, -0.05) is 0 Å². The van der Waals surface area contributed by atoms with Crippen molar-refractivity contribution in [2.45, 2.75) is 31.0 Å². The number of ether oxygens (including phenoxy) is 2. The summed E-state index contributed by atoms with van der Waals surface area (Å²) < 4.78 is 12.7. The summed E-state index contributed by atoms with van der Waals surface area (Å²) in [7, 11) is 1.43. The van der Waals surface area contributed by atoms with Gasteiger partial charge >= 0.3 is 0 Å². The number of halogens is 1. The normalized spacial score (nSPS) is 31.0. The zero-order chi connectivity index (χ0) is 16.9. The lowest BCUT2D eigenvalue weighted by Crippen LogP contribution is -2.44. The van der Waals surface area contributed by atoms with Crippen LogP contribution in [0, 0.1) is 3.83 Å². The summed E-state index contributed by atoms with van der Waals surface area (Å²) in [5, 5.41) is 30.1. The minimum Gasteiger partial charge on any atom is -0.479 e. The molecule has 1 aliphatic rings. The van der Waals surface area contributed by atoms with Crippen molar-refractivity contribution in [2.24, 2.45) is 0 Å². The number of hydrogen-bond donors (Lipinski definition) is 4. The van der Waals surface area contributed by atoms with Crippen LogP contribution in [0.25, 0.3) is 11.2 Å². The van der Waals surface area contributed by atoms with E-state index in [1.165, 1.54) is 18.6 Å². The molecule has 126 valence electrons. The van der Waals surface area contributed by atoms with Gasteiger partial charge in [-0.2, -0.15) is 9.97 Å². The number of nitrogens with zero attached hydrogens (tertiary/aromatic N) is 4. The quantitative estimate of drug-likeness (QED) is 0.351. The van der Waals surface area contributed by atoms with Crippen molar-refractivity contribution in [3.8, 4) is 5.88 Å². The van der Waals surface area contributed by atoms with Gasteiger partial charge in [0, 0.05) is 22.6 Å². The topological polar surface area (TPSA) is 149 Å². The number of aromatic nitrogens is 4. The first-order chi connectivity index (χ1) is 10.8. The Morgan fingerprint density at radius 3 is 2.70 bits per heavy atom. The summed E-state index contributed by atoms with van der Waals surface area (Å²) in [4.78, 5) is 12.4. The van der Waals surface area contributed by atoms with Crippen LogP contribution in [-0.2, 0) is 4.74 Å². The van der Waals surface area contributed by atoms with E-state index in [0.717, 1.165) is 0 Å². The molecular formula is C12H16IN5O5. The summed E-state index contributed by atoms with van der Waals surface area (Å²) in [6.07, 6.45) is -3.21. The fourth-order valence-corrected chi connectivity index (χ4v) is 3.38. The molecule has 10 nitrogen and oxygen atoms in total. The number of fused-ring (bicyclic) bond motifs is 1. The Balaban J connectivity index is 2.21. The van der Waals surface area contributed by atoms with Crippen molar-refractivity contribution in [1.29, 1.82) is 0 Å². The van der Waals surface area contributed by atoms with Crippen molar-refractivity contribution >= 4 is 39.7 Å². The lowest BCUT2D eigenvalue weighted by molar-refractivity contribution is -0.0961. The Hall–Kier alpha value is -1.28. The predicted octanol–water partition coefficient (Wildman–Crippen LogP) is -0.977. The third kappa shape index (κ3) is 2.42. The molecule has 0 spiro atoms. The van der Waals surface area contributed by atoms with Gasteiger partial charge in [-0.15, -0.1) is 0 Å². The SMILES string of the molecule is COc1nc(N)nc2c1nc(I)n2C1O[C@H](CO)[C@@H](O)[C@@]1(C)O. The highest BCUT2D eigenvalue weighted by molar-refractivity contribution is 14.1. The van der Waals surface area contributed by atoms with E-state index in [9.17, 15) is 15.3 Å². The van der Waals surface area contributed by atoms with E-state index >= 15 is 0 Å². The molecule has 5 N–H and O–H groups in total.